The van der Waals surface area contributed by atoms with Crippen molar-refractivity contribution >= 4 is 32.6 Å². The number of hydrogen-bond donors (Lipinski definition) is 0. The molecule has 2 aromatic carbocycles. The van der Waals surface area contributed by atoms with Crippen molar-refractivity contribution in [2.75, 3.05) is 25.2 Å². The van der Waals surface area contributed by atoms with E-state index >= 15 is 0 Å². The molecular weight excluding hydrogens is 372 g/mol. The van der Waals surface area contributed by atoms with Crippen LogP contribution in [0.3, 0.4) is 0 Å². The number of nitrogens with zero attached hydrogens (tertiary/aromatic N) is 2. The lowest BCUT2D eigenvalue weighted by molar-refractivity contribution is -0.118. The number of carbonyl (C=O) groups excluding carboxylic acids is 1. The van der Waals surface area contributed by atoms with Crippen molar-refractivity contribution in [3.8, 4) is 5.75 Å². The van der Waals surface area contributed by atoms with E-state index in [1.165, 1.54) is 16.9 Å². The number of rotatable bonds is 6. The Bertz CT molecular complexity index is 962. The summed E-state index contributed by atoms with van der Waals surface area (Å²) in [6.07, 6.45) is 2.45. The van der Waals surface area contributed by atoms with Crippen LogP contribution in [0, 0.1) is 6.92 Å². The van der Waals surface area contributed by atoms with Crippen LogP contribution in [-0.4, -0.2) is 37.3 Å². The van der Waals surface area contributed by atoms with E-state index in [0.29, 0.717) is 13.0 Å². The maximum absolute atomic E-state index is 13.2. The summed E-state index contributed by atoms with van der Waals surface area (Å²) >= 11 is 1.53. The van der Waals surface area contributed by atoms with E-state index < -0.39 is 0 Å². The Morgan fingerprint density at radius 2 is 2.11 bits per heavy atom. The molecule has 2 heterocycles. The predicted molar refractivity (Wildman–Crippen MR) is 112 cm³/mol. The van der Waals surface area contributed by atoms with Gasteiger partial charge in [0, 0.05) is 12.7 Å². The number of anilines is 1. The lowest BCUT2D eigenvalue weighted by atomic mass is 10.1. The molecule has 3 aromatic rings. The number of aryl methyl sites for hydroxylation is 1. The van der Waals surface area contributed by atoms with Gasteiger partial charge in [-0.15, -0.1) is 0 Å². The van der Waals surface area contributed by atoms with Crippen LogP contribution in [0.25, 0.3) is 10.2 Å². The number of fused-ring (bicyclic) bond motifs is 1. The second kappa shape index (κ2) is 8.29. The summed E-state index contributed by atoms with van der Waals surface area (Å²) in [5.74, 6) is 0.811. The van der Waals surface area contributed by atoms with Crippen LogP contribution in [0.1, 0.15) is 24.0 Å². The van der Waals surface area contributed by atoms with Gasteiger partial charge in [0.25, 0.3) is 0 Å². The molecule has 0 aliphatic carbocycles. The molecule has 0 bridgehead atoms. The fourth-order valence-electron chi connectivity index (χ4n) is 3.39. The third-order valence-electron chi connectivity index (χ3n) is 5.00. The highest BCUT2D eigenvalue weighted by Gasteiger charge is 2.26. The molecule has 0 saturated carbocycles. The first-order chi connectivity index (χ1) is 13.6. The van der Waals surface area contributed by atoms with Crippen LogP contribution in [0.5, 0.6) is 5.75 Å². The molecule has 1 aliphatic rings. The summed E-state index contributed by atoms with van der Waals surface area (Å²) in [5, 5.41) is 0.718. The summed E-state index contributed by atoms with van der Waals surface area (Å²) in [6.45, 7) is 3.36. The lowest BCUT2D eigenvalue weighted by Crippen LogP contribution is -2.38. The second-order valence-electron chi connectivity index (χ2n) is 7.13. The minimum atomic E-state index is 0.0466. The molecule has 1 atom stereocenters. The van der Waals surface area contributed by atoms with Crippen LogP contribution < -0.4 is 9.64 Å². The minimum Gasteiger partial charge on any atom is -0.497 e. The normalized spacial score (nSPS) is 16.4. The Balaban J connectivity index is 1.62. The maximum Gasteiger partial charge on any atom is 0.233 e. The highest BCUT2D eigenvalue weighted by molar-refractivity contribution is 7.22. The zero-order valence-electron chi connectivity index (χ0n) is 16.2. The van der Waals surface area contributed by atoms with E-state index in [1.807, 2.05) is 49.4 Å². The number of thiazole rings is 1. The van der Waals surface area contributed by atoms with Crippen LogP contribution in [0.2, 0.25) is 0 Å². The number of ether oxygens (including phenoxy) is 2. The largest absolute Gasteiger partial charge is 0.497 e. The Labute approximate surface area is 168 Å². The fraction of sp³-hybridized carbons (Fsp3) is 0.364. The summed E-state index contributed by atoms with van der Waals surface area (Å²) in [6, 6.07) is 13.9. The van der Waals surface area contributed by atoms with E-state index in [0.717, 1.165) is 46.1 Å². The molecule has 5 nitrogen and oxygen atoms in total. The number of hydrogen-bond acceptors (Lipinski definition) is 5. The molecule has 0 radical (unpaired) electrons. The molecule has 4 rings (SSSR count). The van der Waals surface area contributed by atoms with E-state index in [2.05, 4.69) is 0 Å². The molecule has 1 unspecified atom stereocenters. The lowest BCUT2D eigenvalue weighted by Gasteiger charge is -2.23. The van der Waals surface area contributed by atoms with Crippen molar-refractivity contribution in [3.63, 3.8) is 0 Å². The van der Waals surface area contributed by atoms with Crippen molar-refractivity contribution in [2.45, 2.75) is 32.3 Å². The first-order valence-electron chi connectivity index (χ1n) is 9.54. The predicted octanol–water partition coefficient (Wildman–Crippen LogP) is 4.37. The van der Waals surface area contributed by atoms with Crippen molar-refractivity contribution in [1.82, 2.24) is 4.98 Å². The Hall–Kier alpha value is -2.44. The molecule has 1 saturated heterocycles. The zero-order chi connectivity index (χ0) is 19.5. The van der Waals surface area contributed by atoms with E-state index in [-0.39, 0.29) is 12.0 Å². The Kier molecular flexibility index (Phi) is 5.59. The highest BCUT2D eigenvalue weighted by atomic mass is 32.1. The van der Waals surface area contributed by atoms with Crippen molar-refractivity contribution in [3.05, 3.63) is 53.6 Å². The number of benzene rings is 2. The van der Waals surface area contributed by atoms with Crippen molar-refractivity contribution < 1.29 is 14.3 Å². The quantitative estimate of drug-likeness (QED) is 0.621. The van der Waals surface area contributed by atoms with Gasteiger partial charge >= 0.3 is 0 Å². The molecule has 0 N–H and O–H groups in total. The molecule has 6 heteroatoms. The first kappa shape index (κ1) is 18.9. The van der Waals surface area contributed by atoms with Crippen LogP contribution in [0.15, 0.2) is 42.5 Å². The average Bonchev–Trinajstić information content (AvgIpc) is 3.36. The van der Waals surface area contributed by atoms with Crippen molar-refractivity contribution in [2.24, 2.45) is 0 Å². The monoisotopic (exact) mass is 396 g/mol. The molecule has 1 aromatic heterocycles. The van der Waals surface area contributed by atoms with Crippen molar-refractivity contribution in [1.29, 1.82) is 0 Å². The summed E-state index contributed by atoms with van der Waals surface area (Å²) < 4.78 is 12.1. The molecular formula is C22H24N2O3S. The van der Waals surface area contributed by atoms with E-state index in [9.17, 15) is 4.79 Å². The van der Waals surface area contributed by atoms with Gasteiger partial charge in [0.05, 0.1) is 36.4 Å². The van der Waals surface area contributed by atoms with Gasteiger partial charge in [-0.25, -0.2) is 4.98 Å². The summed E-state index contributed by atoms with van der Waals surface area (Å²) in [4.78, 5) is 19.7. The zero-order valence-corrected chi connectivity index (χ0v) is 17.0. The van der Waals surface area contributed by atoms with Gasteiger partial charge in [0.15, 0.2) is 5.13 Å². The van der Waals surface area contributed by atoms with Crippen LogP contribution in [0.4, 0.5) is 5.13 Å². The standard InChI is InChI=1S/C22H24N2O3S/c1-15-5-7-16(8-6-15)12-21(25)24(14-18-4-3-11-27-18)22-23-19-13-17(26-2)9-10-20(19)28-22/h5-10,13,18H,3-4,11-12,14H2,1-2H3. The maximum atomic E-state index is 13.2. The topological polar surface area (TPSA) is 51.7 Å². The third kappa shape index (κ3) is 4.18. The number of methoxy groups -OCH3 is 1. The van der Waals surface area contributed by atoms with E-state index in [1.54, 1.807) is 12.0 Å². The summed E-state index contributed by atoms with van der Waals surface area (Å²) in [5.41, 5.74) is 3.04. The molecule has 1 fully saturated rings. The van der Waals surface area contributed by atoms with Gasteiger partial charge in [-0.1, -0.05) is 41.2 Å². The van der Waals surface area contributed by atoms with Gasteiger partial charge in [-0.3, -0.25) is 9.69 Å². The van der Waals surface area contributed by atoms with Gasteiger partial charge in [-0.2, -0.15) is 0 Å². The fourth-order valence-corrected chi connectivity index (χ4v) is 4.36. The average molecular weight is 397 g/mol. The number of amides is 1. The SMILES string of the molecule is COc1ccc2sc(N(CC3CCCO3)C(=O)Cc3ccc(C)cc3)nc2c1. The molecule has 0 spiro atoms. The highest BCUT2D eigenvalue weighted by Crippen LogP contribution is 2.32. The van der Waals surface area contributed by atoms with Crippen LogP contribution >= 0.6 is 11.3 Å². The molecule has 1 aliphatic heterocycles. The minimum absolute atomic E-state index is 0.0466. The Morgan fingerprint density at radius 1 is 1.29 bits per heavy atom. The molecule has 146 valence electrons. The molecule has 28 heavy (non-hydrogen) atoms. The summed E-state index contributed by atoms with van der Waals surface area (Å²) in [7, 11) is 1.64. The third-order valence-corrected chi connectivity index (χ3v) is 6.06. The van der Waals surface area contributed by atoms with Gasteiger partial charge in [0.1, 0.15) is 5.75 Å². The second-order valence-corrected chi connectivity index (χ2v) is 8.14. The smallest absolute Gasteiger partial charge is 0.233 e. The van der Waals surface area contributed by atoms with Crippen LogP contribution in [-0.2, 0) is 16.0 Å². The van der Waals surface area contributed by atoms with Gasteiger partial charge in [-0.05, 0) is 37.5 Å². The number of carbonyl (C=O) groups is 1. The Morgan fingerprint density at radius 3 is 2.82 bits per heavy atom. The van der Waals surface area contributed by atoms with E-state index in [4.69, 9.17) is 14.5 Å². The molecule has 1 amide bonds. The first-order valence-corrected chi connectivity index (χ1v) is 10.4. The van der Waals surface area contributed by atoms with Gasteiger partial charge in [0.2, 0.25) is 5.91 Å². The van der Waals surface area contributed by atoms with Gasteiger partial charge < -0.3 is 9.47 Å². The number of aromatic nitrogens is 1.